The van der Waals surface area contributed by atoms with Crippen molar-refractivity contribution >= 4 is 21.6 Å². The molecule has 1 aliphatic rings. The van der Waals surface area contributed by atoms with Gasteiger partial charge in [0.2, 0.25) is 10.0 Å². The maximum Gasteiger partial charge on any atom is 0.254 e. The molecule has 1 aromatic heterocycles. The summed E-state index contributed by atoms with van der Waals surface area (Å²) < 4.78 is 31.2. The first-order valence-electron chi connectivity index (χ1n) is 9.32. The zero-order valence-corrected chi connectivity index (χ0v) is 17.2. The summed E-state index contributed by atoms with van der Waals surface area (Å²) >= 11 is 0. The van der Waals surface area contributed by atoms with Crippen molar-refractivity contribution < 1.29 is 17.9 Å². The van der Waals surface area contributed by atoms with E-state index in [0.717, 1.165) is 30.4 Å². The molecule has 3 rings (SSSR count). The number of anilines is 1. The topological polar surface area (TPSA) is 104 Å². The summed E-state index contributed by atoms with van der Waals surface area (Å²) in [7, 11) is -3.40. The lowest BCUT2D eigenvalue weighted by atomic mass is 9.93. The fourth-order valence-corrected chi connectivity index (χ4v) is 4.07. The van der Waals surface area contributed by atoms with Crippen LogP contribution in [0, 0.1) is 6.92 Å². The number of ether oxygens (including phenoxy) is 1. The maximum atomic E-state index is 13.0. The number of nitrogens with zero attached hydrogens (tertiary/aromatic N) is 2. The third-order valence-corrected chi connectivity index (χ3v) is 5.41. The van der Waals surface area contributed by atoms with E-state index in [9.17, 15) is 13.2 Å². The van der Waals surface area contributed by atoms with Crippen molar-refractivity contribution in [2.45, 2.75) is 32.6 Å². The molecule has 8 nitrogen and oxygen atoms in total. The molecule has 1 fully saturated rings. The normalized spacial score (nSPS) is 17.4. The van der Waals surface area contributed by atoms with Crippen LogP contribution in [-0.4, -0.2) is 55.4 Å². The molecule has 0 aliphatic carbocycles. The van der Waals surface area contributed by atoms with Crippen molar-refractivity contribution in [1.29, 1.82) is 0 Å². The molecule has 28 heavy (non-hydrogen) atoms. The lowest BCUT2D eigenvalue weighted by molar-refractivity contribution is 0.0705. The van der Waals surface area contributed by atoms with E-state index in [4.69, 9.17) is 4.74 Å². The Morgan fingerprint density at radius 2 is 2.21 bits per heavy atom. The molecular weight excluding hydrogens is 380 g/mol. The van der Waals surface area contributed by atoms with E-state index in [-0.39, 0.29) is 11.8 Å². The van der Waals surface area contributed by atoms with E-state index in [1.54, 1.807) is 11.0 Å². The quantitative estimate of drug-likeness (QED) is 0.767. The molecule has 0 bridgehead atoms. The molecule has 2 N–H and O–H groups in total. The van der Waals surface area contributed by atoms with Gasteiger partial charge < -0.3 is 9.64 Å². The van der Waals surface area contributed by atoms with Crippen LogP contribution in [0.5, 0.6) is 5.75 Å². The van der Waals surface area contributed by atoms with Crippen LogP contribution in [0.15, 0.2) is 24.4 Å². The Hall–Kier alpha value is -2.55. The van der Waals surface area contributed by atoms with Gasteiger partial charge in [-0.15, -0.1) is 0 Å². The average molecular weight is 407 g/mol. The summed E-state index contributed by atoms with van der Waals surface area (Å²) in [5, 5.41) is 6.88. The van der Waals surface area contributed by atoms with Gasteiger partial charge in [-0.3, -0.25) is 14.6 Å². The van der Waals surface area contributed by atoms with E-state index in [1.807, 2.05) is 26.0 Å². The summed E-state index contributed by atoms with van der Waals surface area (Å²) in [6.07, 6.45) is 4.25. The van der Waals surface area contributed by atoms with Crippen molar-refractivity contribution in [1.82, 2.24) is 15.1 Å². The Morgan fingerprint density at radius 1 is 1.43 bits per heavy atom. The first kappa shape index (κ1) is 20.2. The van der Waals surface area contributed by atoms with Gasteiger partial charge in [0.05, 0.1) is 30.4 Å². The number of amides is 1. The van der Waals surface area contributed by atoms with Gasteiger partial charge in [0.15, 0.2) is 0 Å². The molecule has 0 radical (unpaired) electrons. The second-order valence-corrected chi connectivity index (χ2v) is 8.82. The SMILES string of the molecule is CCOc1cc(C(=O)N2CCC[C@@H](c3[nH]ncc3NS(C)(=O)=O)C2)ccc1C. The van der Waals surface area contributed by atoms with E-state index in [1.165, 1.54) is 6.20 Å². The van der Waals surface area contributed by atoms with Crippen molar-refractivity contribution in [3.8, 4) is 5.75 Å². The largest absolute Gasteiger partial charge is 0.494 e. The lowest BCUT2D eigenvalue weighted by Crippen LogP contribution is -2.39. The highest BCUT2D eigenvalue weighted by molar-refractivity contribution is 7.92. The molecule has 0 spiro atoms. The Balaban J connectivity index is 1.78. The molecule has 1 saturated heterocycles. The third-order valence-electron chi connectivity index (χ3n) is 4.82. The summed E-state index contributed by atoms with van der Waals surface area (Å²) in [5.41, 5.74) is 2.73. The number of nitrogens with one attached hydrogen (secondary N) is 2. The van der Waals surface area contributed by atoms with Gasteiger partial charge in [-0.1, -0.05) is 6.07 Å². The molecular formula is C19H26N4O4S. The van der Waals surface area contributed by atoms with Crippen molar-refractivity contribution in [2.24, 2.45) is 0 Å². The molecule has 152 valence electrons. The predicted octanol–water partition coefficient (Wildman–Crippen LogP) is 2.51. The van der Waals surface area contributed by atoms with Gasteiger partial charge >= 0.3 is 0 Å². The number of hydrogen-bond acceptors (Lipinski definition) is 5. The lowest BCUT2D eigenvalue weighted by Gasteiger charge is -2.33. The Kier molecular flexibility index (Phi) is 5.93. The average Bonchev–Trinajstić information content (AvgIpc) is 3.09. The van der Waals surface area contributed by atoms with Crippen molar-refractivity contribution in [3.63, 3.8) is 0 Å². The number of carbonyl (C=O) groups is 1. The molecule has 1 amide bonds. The van der Waals surface area contributed by atoms with Crippen LogP contribution in [0.1, 0.15) is 47.3 Å². The molecule has 0 unspecified atom stereocenters. The smallest absolute Gasteiger partial charge is 0.254 e. The Bertz CT molecular complexity index is 955. The standard InChI is InChI=1S/C19H26N4O4S/c1-4-27-17-10-14(8-7-13(17)2)19(24)23-9-5-6-15(12-23)18-16(11-20-21-18)22-28(3,25)26/h7-8,10-11,15,22H,4-6,9,12H2,1-3H3,(H,20,21)/t15-/m1/s1. The molecule has 2 aromatic rings. The minimum atomic E-state index is -3.40. The summed E-state index contributed by atoms with van der Waals surface area (Å²) in [6, 6.07) is 5.50. The summed E-state index contributed by atoms with van der Waals surface area (Å²) in [4.78, 5) is 14.8. The Labute approximate surface area is 165 Å². The number of sulfonamides is 1. The Morgan fingerprint density at radius 3 is 2.93 bits per heavy atom. The van der Waals surface area contributed by atoms with E-state index in [2.05, 4.69) is 14.9 Å². The van der Waals surface area contributed by atoms with Crippen LogP contribution in [0.3, 0.4) is 0 Å². The van der Waals surface area contributed by atoms with E-state index in [0.29, 0.717) is 36.6 Å². The number of aromatic nitrogens is 2. The minimum Gasteiger partial charge on any atom is -0.494 e. The maximum absolute atomic E-state index is 13.0. The van der Waals surface area contributed by atoms with Crippen LogP contribution in [0.4, 0.5) is 5.69 Å². The number of H-pyrrole nitrogens is 1. The highest BCUT2D eigenvalue weighted by Gasteiger charge is 2.28. The van der Waals surface area contributed by atoms with Gasteiger partial charge in [-0.2, -0.15) is 5.10 Å². The van der Waals surface area contributed by atoms with Crippen LogP contribution < -0.4 is 9.46 Å². The van der Waals surface area contributed by atoms with Crippen LogP contribution in [0.25, 0.3) is 0 Å². The fraction of sp³-hybridized carbons (Fsp3) is 0.474. The molecule has 1 aliphatic heterocycles. The molecule has 1 aromatic carbocycles. The van der Waals surface area contributed by atoms with Gasteiger partial charge in [-0.05, 0) is 44.4 Å². The van der Waals surface area contributed by atoms with Crippen LogP contribution in [0.2, 0.25) is 0 Å². The number of likely N-dealkylation sites (tertiary alicyclic amines) is 1. The van der Waals surface area contributed by atoms with E-state index < -0.39 is 10.0 Å². The highest BCUT2D eigenvalue weighted by Crippen LogP contribution is 2.31. The number of hydrogen-bond donors (Lipinski definition) is 2. The monoisotopic (exact) mass is 406 g/mol. The summed E-state index contributed by atoms with van der Waals surface area (Å²) in [5.74, 6) is 0.652. The number of aryl methyl sites for hydroxylation is 1. The fourth-order valence-electron chi connectivity index (χ4n) is 3.51. The molecule has 1 atom stereocenters. The number of piperidine rings is 1. The van der Waals surface area contributed by atoms with Gasteiger partial charge in [-0.25, -0.2) is 8.42 Å². The number of rotatable bonds is 6. The second-order valence-electron chi connectivity index (χ2n) is 7.08. The third kappa shape index (κ3) is 4.64. The van der Waals surface area contributed by atoms with Crippen LogP contribution >= 0.6 is 0 Å². The minimum absolute atomic E-state index is 0.0127. The summed E-state index contributed by atoms with van der Waals surface area (Å²) in [6.45, 7) is 5.56. The second kappa shape index (κ2) is 8.22. The number of benzene rings is 1. The van der Waals surface area contributed by atoms with Gasteiger partial charge in [0.1, 0.15) is 5.75 Å². The van der Waals surface area contributed by atoms with E-state index >= 15 is 0 Å². The van der Waals surface area contributed by atoms with Gasteiger partial charge in [0.25, 0.3) is 5.91 Å². The number of carbonyl (C=O) groups excluding carboxylic acids is 1. The van der Waals surface area contributed by atoms with Crippen molar-refractivity contribution in [2.75, 3.05) is 30.7 Å². The van der Waals surface area contributed by atoms with Gasteiger partial charge in [0, 0.05) is 24.6 Å². The molecule has 2 heterocycles. The first-order valence-corrected chi connectivity index (χ1v) is 11.2. The number of aromatic amines is 1. The van der Waals surface area contributed by atoms with Crippen molar-refractivity contribution in [3.05, 3.63) is 41.2 Å². The highest BCUT2D eigenvalue weighted by atomic mass is 32.2. The van der Waals surface area contributed by atoms with Crippen LogP contribution in [-0.2, 0) is 10.0 Å². The molecule has 9 heteroatoms. The predicted molar refractivity (Wildman–Crippen MR) is 107 cm³/mol. The molecule has 0 saturated carbocycles. The zero-order chi connectivity index (χ0) is 20.3. The first-order chi connectivity index (χ1) is 13.3. The zero-order valence-electron chi connectivity index (χ0n) is 16.4.